The summed E-state index contributed by atoms with van der Waals surface area (Å²) in [4.78, 5) is 23.1. The van der Waals surface area contributed by atoms with Crippen LogP contribution in [-0.4, -0.2) is 38.5 Å². The molecular formula is C16H20N4O3. The maximum Gasteiger partial charge on any atom is 0.358 e. The molecule has 2 N–H and O–H groups in total. The van der Waals surface area contributed by atoms with Gasteiger partial charge in [0, 0.05) is 12.1 Å². The van der Waals surface area contributed by atoms with Crippen molar-refractivity contribution in [1.29, 1.82) is 0 Å². The third kappa shape index (κ3) is 3.74. The van der Waals surface area contributed by atoms with Gasteiger partial charge < -0.3 is 10.4 Å². The van der Waals surface area contributed by atoms with Crippen LogP contribution in [0.2, 0.25) is 0 Å². The Morgan fingerprint density at radius 3 is 2.43 bits per heavy atom. The molecule has 0 fully saturated rings. The highest BCUT2D eigenvalue weighted by Crippen LogP contribution is 2.16. The summed E-state index contributed by atoms with van der Waals surface area (Å²) in [5, 5.41) is 19.7. The fourth-order valence-electron chi connectivity index (χ4n) is 2.23. The topological polar surface area (TPSA) is 97.1 Å². The number of aromatic carboxylic acids is 1. The Morgan fingerprint density at radius 2 is 1.87 bits per heavy atom. The van der Waals surface area contributed by atoms with Crippen LogP contribution in [0.1, 0.15) is 53.2 Å². The molecular weight excluding hydrogens is 296 g/mol. The summed E-state index contributed by atoms with van der Waals surface area (Å²) in [5.74, 6) is -1.22. The first-order valence-electron chi connectivity index (χ1n) is 7.65. The predicted molar refractivity (Wildman–Crippen MR) is 84.9 cm³/mol. The molecule has 0 unspecified atom stereocenters. The molecule has 0 aliphatic carbocycles. The second-order valence-corrected chi connectivity index (χ2v) is 5.15. The van der Waals surface area contributed by atoms with E-state index >= 15 is 0 Å². The fraction of sp³-hybridized carbons (Fsp3) is 0.375. The van der Waals surface area contributed by atoms with Gasteiger partial charge in [-0.2, -0.15) is 0 Å². The van der Waals surface area contributed by atoms with Gasteiger partial charge in [0.25, 0.3) is 5.91 Å². The molecule has 0 bridgehead atoms. The Hall–Kier alpha value is -2.70. The van der Waals surface area contributed by atoms with Crippen molar-refractivity contribution in [3.05, 3.63) is 41.2 Å². The molecule has 7 nitrogen and oxygen atoms in total. The van der Waals surface area contributed by atoms with Crippen molar-refractivity contribution in [2.24, 2.45) is 0 Å². The molecule has 7 heteroatoms. The summed E-state index contributed by atoms with van der Waals surface area (Å²) in [5.41, 5.74) is 1.76. The van der Waals surface area contributed by atoms with Gasteiger partial charge in [0.15, 0.2) is 5.69 Å². The third-order valence-electron chi connectivity index (χ3n) is 3.36. The quantitative estimate of drug-likeness (QED) is 0.815. The summed E-state index contributed by atoms with van der Waals surface area (Å²) < 4.78 is 1.51. The molecule has 0 saturated carbocycles. The Balaban J connectivity index is 2.29. The molecule has 0 aliphatic heterocycles. The van der Waals surface area contributed by atoms with Gasteiger partial charge in [-0.1, -0.05) is 25.5 Å². The number of nitrogens with zero attached hydrogens (tertiary/aromatic N) is 3. The van der Waals surface area contributed by atoms with Crippen LogP contribution in [0.3, 0.4) is 0 Å². The average molecular weight is 316 g/mol. The highest BCUT2D eigenvalue weighted by molar-refractivity contribution is 5.94. The first-order valence-corrected chi connectivity index (χ1v) is 7.65. The molecule has 0 aliphatic rings. The van der Waals surface area contributed by atoms with Gasteiger partial charge in [-0.3, -0.25) is 4.79 Å². The summed E-state index contributed by atoms with van der Waals surface area (Å²) >= 11 is 0. The largest absolute Gasteiger partial charge is 0.476 e. The lowest BCUT2D eigenvalue weighted by molar-refractivity contribution is 0.0689. The minimum atomic E-state index is -1.09. The van der Waals surface area contributed by atoms with Crippen molar-refractivity contribution in [2.75, 3.05) is 6.54 Å². The number of hydrogen-bond acceptors (Lipinski definition) is 4. The number of carbonyl (C=O) groups is 2. The van der Waals surface area contributed by atoms with Crippen molar-refractivity contribution in [1.82, 2.24) is 20.3 Å². The molecule has 0 spiro atoms. The van der Waals surface area contributed by atoms with Gasteiger partial charge in [0.1, 0.15) is 0 Å². The zero-order valence-electron chi connectivity index (χ0n) is 13.2. The molecule has 2 rings (SSSR count). The van der Waals surface area contributed by atoms with Gasteiger partial charge in [0.2, 0.25) is 0 Å². The Bertz CT molecular complexity index is 692. The number of carboxylic acids is 1. The minimum Gasteiger partial charge on any atom is -0.476 e. The minimum absolute atomic E-state index is 0.0309. The molecule has 2 aromatic rings. The summed E-state index contributed by atoms with van der Waals surface area (Å²) in [6, 6.07) is 6.86. The van der Waals surface area contributed by atoms with E-state index in [0.717, 1.165) is 12.8 Å². The Morgan fingerprint density at radius 1 is 1.17 bits per heavy atom. The fourth-order valence-corrected chi connectivity index (χ4v) is 2.23. The molecule has 1 amide bonds. The van der Waals surface area contributed by atoms with Gasteiger partial charge in [0.05, 0.1) is 11.4 Å². The van der Waals surface area contributed by atoms with Crippen molar-refractivity contribution in [3.8, 4) is 5.69 Å². The first kappa shape index (κ1) is 16.7. The Kier molecular flexibility index (Phi) is 5.46. The monoisotopic (exact) mass is 316 g/mol. The van der Waals surface area contributed by atoms with Crippen LogP contribution in [0.25, 0.3) is 5.69 Å². The zero-order valence-corrected chi connectivity index (χ0v) is 13.2. The molecule has 0 saturated heterocycles. The number of carbonyl (C=O) groups excluding carboxylic acids is 1. The lowest BCUT2D eigenvalue weighted by Gasteiger charge is -2.08. The number of hydrogen-bond donors (Lipinski definition) is 2. The zero-order chi connectivity index (χ0) is 16.8. The van der Waals surface area contributed by atoms with Gasteiger partial charge in [-0.05, 0) is 37.1 Å². The van der Waals surface area contributed by atoms with Gasteiger partial charge in [-0.25, -0.2) is 9.48 Å². The maximum atomic E-state index is 11.9. The normalized spacial score (nSPS) is 10.5. The molecule has 122 valence electrons. The maximum absolute atomic E-state index is 11.9. The van der Waals surface area contributed by atoms with Crippen LogP contribution in [0.15, 0.2) is 24.3 Å². The third-order valence-corrected chi connectivity index (χ3v) is 3.36. The van der Waals surface area contributed by atoms with Crippen LogP contribution in [0, 0.1) is 0 Å². The number of amides is 1. The van der Waals surface area contributed by atoms with Crippen molar-refractivity contribution >= 4 is 11.9 Å². The standard InChI is InChI=1S/C16H20N4O3/c1-3-5-13-14(16(22)23)18-19-20(13)12-8-6-11(7-9-12)15(21)17-10-4-2/h6-9H,3-5,10H2,1-2H3,(H,17,21)(H,22,23). The van der Waals surface area contributed by atoms with Crippen molar-refractivity contribution in [3.63, 3.8) is 0 Å². The smallest absolute Gasteiger partial charge is 0.358 e. The second kappa shape index (κ2) is 7.53. The molecule has 1 aromatic heterocycles. The van der Waals surface area contributed by atoms with Crippen molar-refractivity contribution in [2.45, 2.75) is 33.1 Å². The van der Waals surface area contributed by atoms with E-state index in [1.807, 2.05) is 13.8 Å². The van der Waals surface area contributed by atoms with Crippen LogP contribution in [0.4, 0.5) is 0 Å². The summed E-state index contributed by atoms with van der Waals surface area (Å²) in [7, 11) is 0. The van der Waals surface area contributed by atoms with Crippen LogP contribution >= 0.6 is 0 Å². The number of benzene rings is 1. The highest BCUT2D eigenvalue weighted by Gasteiger charge is 2.19. The van der Waals surface area contributed by atoms with E-state index in [0.29, 0.717) is 29.9 Å². The Labute approximate surface area is 134 Å². The van der Waals surface area contributed by atoms with Crippen LogP contribution in [0.5, 0.6) is 0 Å². The van der Waals surface area contributed by atoms with E-state index in [4.69, 9.17) is 0 Å². The molecule has 1 heterocycles. The predicted octanol–water partition coefficient (Wildman–Crippen LogP) is 2.06. The lowest BCUT2D eigenvalue weighted by atomic mass is 10.1. The van der Waals surface area contributed by atoms with E-state index in [1.54, 1.807) is 24.3 Å². The number of nitrogens with one attached hydrogen (secondary N) is 1. The van der Waals surface area contributed by atoms with Gasteiger partial charge in [-0.15, -0.1) is 5.10 Å². The molecule has 1 aromatic carbocycles. The molecule has 23 heavy (non-hydrogen) atoms. The van der Waals surface area contributed by atoms with Crippen molar-refractivity contribution < 1.29 is 14.7 Å². The average Bonchev–Trinajstić information content (AvgIpc) is 2.97. The number of aromatic nitrogens is 3. The number of rotatable bonds is 7. The summed E-state index contributed by atoms with van der Waals surface area (Å²) in [6.45, 7) is 4.58. The first-order chi connectivity index (χ1) is 11.1. The number of carboxylic acid groups (broad SMARTS) is 1. The molecule has 0 radical (unpaired) electrons. The van der Waals surface area contributed by atoms with E-state index in [1.165, 1.54) is 4.68 Å². The molecule has 0 atom stereocenters. The van der Waals surface area contributed by atoms with E-state index < -0.39 is 5.97 Å². The van der Waals surface area contributed by atoms with E-state index in [-0.39, 0.29) is 11.6 Å². The van der Waals surface area contributed by atoms with Crippen LogP contribution in [-0.2, 0) is 6.42 Å². The van der Waals surface area contributed by atoms with E-state index in [9.17, 15) is 14.7 Å². The second-order valence-electron chi connectivity index (χ2n) is 5.15. The van der Waals surface area contributed by atoms with Crippen LogP contribution < -0.4 is 5.32 Å². The van der Waals surface area contributed by atoms with E-state index in [2.05, 4.69) is 15.6 Å². The summed E-state index contributed by atoms with van der Waals surface area (Å²) in [6.07, 6.45) is 2.22. The highest BCUT2D eigenvalue weighted by atomic mass is 16.4. The lowest BCUT2D eigenvalue weighted by Crippen LogP contribution is -2.23. The van der Waals surface area contributed by atoms with Gasteiger partial charge >= 0.3 is 5.97 Å². The SMILES string of the molecule is CCCNC(=O)c1ccc(-n2nnc(C(=O)O)c2CCC)cc1.